The lowest BCUT2D eigenvalue weighted by Crippen LogP contribution is -1.99. The van der Waals surface area contributed by atoms with Crippen molar-refractivity contribution in [2.75, 3.05) is 6.61 Å². The van der Waals surface area contributed by atoms with E-state index in [0.29, 0.717) is 5.57 Å². The van der Waals surface area contributed by atoms with Gasteiger partial charge in [0, 0.05) is 12.5 Å². The molecule has 0 fully saturated rings. The van der Waals surface area contributed by atoms with E-state index in [1.807, 2.05) is 0 Å². The van der Waals surface area contributed by atoms with Crippen LogP contribution in [0.4, 0.5) is 0 Å². The lowest BCUT2D eigenvalue weighted by Gasteiger charge is -1.95. The van der Waals surface area contributed by atoms with Gasteiger partial charge in [-0.2, -0.15) is 0 Å². The molecule has 0 spiro atoms. The Kier molecular flexibility index (Phi) is 4.54. The van der Waals surface area contributed by atoms with Gasteiger partial charge in [-0.05, 0) is 24.6 Å². The minimum absolute atomic E-state index is 0.0969. The standard InChI is InChI=1S/C7H9ClO3/c1-5(7(8)10)3-4-11-6(2)9/h3H,4H2,1-2H3/b5-3-. The van der Waals surface area contributed by atoms with Crippen molar-refractivity contribution in [3.8, 4) is 0 Å². The molecule has 0 saturated carbocycles. The zero-order chi connectivity index (χ0) is 8.85. The lowest BCUT2D eigenvalue weighted by atomic mass is 10.3. The van der Waals surface area contributed by atoms with Gasteiger partial charge in [0.2, 0.25) is 5.24 Å². The molecule has 0 aliphatic carbocycles. The Morgan fingerprint density at radius 2 is 2.00 bits per heavy atom. The number of halogens is 1. The molecule has 0 aromatic carbocycles. The zero-order valence-corrected chi connectivity index (χ0v) is 7.14. The van der Waals surface area contributed by atoms with E-state index < -0.39 is 5.24 Å². The molecule has 0 N–H and O–H groups in total. The van der Waals surface area contributed by atoms with E-state index in [2.05, 4.69) is 4.74 Å². The summed E-state index contributed by atoms with van der Waals surface area (Å²) in [6.07, 6.45) is 1.46. The van der Waals surface area contributed by atoms with Gasteiger partial charge >= 0.3 is 5.97 Å². The Balaban J connectivity index is 3.74. The minimum Gasteiger partial charge on any atom is -0.462 e. The minimum atomic E-state index is -0.530. The van der Waals surface area contributed by atoms with E-state index in [9.17, 15) is 9.59 Å². The largest absolute Gasteiger partial charge is 0.462 e. The number of carbonyl (C=O) groups is 2. The Morgan fingerprint density at radius 1 is 1.45 bits per heavy atom. The molecule has 0 aliphatic heterocycles. The van der Waals surface area contributed by atoms with Crippen LogP contribution in [-0.4, -0.2) is 17.8 Å². The number of rotatable bonds is 3. The second kappa shape index (κ2) is 4.91. The molecule has 0 atom stereocenters. The van der Waals surface area contributed by atoms with Crippen molar-refractivity contribution >= 4 is 22.8 Å². The molecule has 0 heterocycles. The van der Waals surface area contributed by atoms with Gasteiger partial charge in [-0.3, -0.25) is 9.59 Å². The van der Waals surface area contributed by atoms with Crippen molar-refractivity contribution < 1.29 is 14.3 Å². The molecule has 11 heavy (non-hydrogen) atoms. The van der Waals surface area contributed by atoms with Crippen LogP contribution in [0.3, 0.4) is 0 Å². The molecule has 0 bridgehead atoms. The van der Waals surface area contributed by atoms with Gasteiger partial charge in [-0.25, -0.2) is 0 Å². The first kappa shape index (κ1) is 10.2. The summed E-state index contributed by atoms with van der Waals surface area (Å²) in [5.41, 5.74) is 0.382. The first-order chi connectivity index (χ1) is 5.04. The van der Waals surface area contributed by atoms with E-state index in [1.54, 1.807) is 6.92 Å². The molecule has 0 aromatic rings. The predicted octanol–water partition coefficient (Wildman–Crippen LogP) is 1.26. The van der Waals surface area contributed by atoms with E-state index in [4.69, 9.17) is 11.6 Å². The van der Waals surface area contributed by atoms with Crippen molar-refractivity contribution in [2.45, 2.75) is 13.8 Å². The van der Waals surface area contributed by atoms with Crippen molar-refractivity contribution in [1.29, 1.82) is 0 Å². The Labute approximate surface area is 70.0 Å². The van der Waals surface area contributed by atoms with Crippen molar-refractivity contribution in [1.82, 2.24) is 0 Å². The number of hydrogen-bond donors (Lipinski definition) is 0. The van der Waals surface area contributed by atoms with Crippen LogP contribution in [0.2, 0.25) is 0 Å². The fourth-order valence-corrected chi connectivity index (χ4v) is 0.441. The third-order valence-corrected chi connectivity index (χ3v) is 1.28. The Morgan fingerprint density at radius 3 is 2.36 bits per heavy atom. The van der Waals surface area contributed by atoms with Gasteiger partial charge in [0.05, 0.1) is 0 Å². The average Bonchev–Trinajstić information content (AvgIpc) is 1.86. The molecule has 62 valence electrons. The second-order valence-electron chi connectivity index (χ2n) is 1.96. The number of hydrogen-bond acceptors (Lipinski definition) is 3. The number of esters is 1. The average molecular weight is 177 g/mol. The molecule has 0 saturated heterocycles. The highest BCUT2D eigenvalue weighted by atomic mass is 35.5. The van der Waals surface area contributed by atoms with Crippen LogP contribution >= 0.6 is 11.6 Å². The molecule has 0 aromatic heterocycles. The third-order valence-electron chi connectivity index (χ3n) is 0.986. The normalized spacial score (nSPS) is 11.0. The van der Waals surface area contributed by atoms with Gasteiger partial charge in [0.15, 0.2) is 0 Å². The van der Waals surface area contributed by atoms with Crippen molar-refractivity contribution in [3.63, 3.8) is 0 Å². The van der Waals surface area contributed by atoms with Crippen LogP contribution < -0.4 is 0 Å². The van der Waals surface area contributed by atoms with E-state index >= 15 is 0 Å². The van der Waals surface area contributed by atoms with Gasteiger partial charge < -0.3 is 4.74 Å². The van der Waals surface area contributed by atoms with Crippen LogP contribution in [0.1, 0.15) is 13.8 Å². The third kappa shape index (κ3) is 5.61. The first-order valence-electron chi connectivity index (χ1n) is 3.04. The maximum atomic E-state index is 10.4. The lowest BCUT2D eigenvalue weighted by molar-refractivity contribution is -0.139. The molecule has 3 nitrogen and oxygen atoms in total. The van der Waals surface area contributed by atoms with Gasteiger partial charge in [-0.1, -0.05) is 0 Å². The molecule has 0 rings (SSSR count). The predicted molar refractivity (Wildman–Crippen MR) is 41.3 cm³/mol. The summed E-state index contributed by atoms with van der Waals surface area (Å²) in [4.78, 5) is 20.6. The molecule has 4 heteroatoms. The summed E-state index contributed by atoms with van der Waals surface area (Å²) in [6.45, 7) is 2.95. The van der Waals surface area contributed by atoms with Crippen LogP contribution in [0, 0.1) is 0 Å². The van der Waals surface area contributed by atoms with Crippen molar-refractivity contribution in [2.24, 2.45) is 0 Å². The van der Waals surface area contributed by atoms with Crippen LogP contribution in [0.25, 0.3) is 0 Å². The van der Waals surface area contributed by atoms with Crippen LogP contribution in [0.15, 0.2) is 11.6 Å². The van der Waals surface area contributed by atoms with Gasteiger partial charge in [-0.15, -0.1) is 0 Å². The highest BCUT2D eigenvalue weighted by molar-refractivity contribution is 6.67. The molecular weight excluding hydrogens is 168 g/mol. The monoisotopic (exact) mass is 176 g/mol. The number of ether oxygens (including phenoxy) is 1. The highest BCUT2D eigenvalue weighted by Crippen LogP contribution is 1.97. The number of allylic oxidation sites excluding steroid dienone is 1. The summed E-state index contributed by atoms with van der Waals surface area (Å²) >= 11 is 5.10. The highest BCUT2D eigenvalue weighted by Gasteiger charge is 1.97. The summed E-state index contributed by atoms with van der Waals surface area (Å²) in [5.74, 6) is -0.379. The summed E-state index contributed by atoms with van der Waals surface area (Å²) < 4.78 is 4.54. The Bertz CT molecular complexity index is 196. The fraction of sp³-hybridized carbons (Fsp3) is 0.429. The van der Waals surface area contributed by atoms with Crippen molar-refractivity contribution in [3.05, 3.63) is 11.6 Å². The molecule has 0 unspecified atom stereocenters. The molecule has 0 radical (unpaired) electrons. The van der Waals surface area contributed by atoms with Crippen LogP contribution in [0.5, 0.6) is 0 Å². The van der Waals surface area contributed by atoms with E-state index in [-0.39, 0.29) is 12.6 Å². The maximum absolute atomic E-state index is 10.4. The Hall–Kier alpha value is -0.830. The summed E-state index contributed by atoms with van der Waals surface area (Å²) in [6, 6.07) is 0. The molecule has 0 amide bonds. The molecule has 0 aliphatic rings. The van der Waals surface area contributed by atoms with Crippen LogP contribution in [-0.2, 0) is 14.3 Å². The SMILES string of the molecule is CC(=O)OC/C=C(/C)C(=O)Cl. The topological polar surface area (TPSA) is 43.4 Å². The first-order valence-corrected chi connectivity index (χ1v) is 3.41. The fourth-order valence-electron chi connectivity index (χ4n) is 0.364. The quantitative estimate of drug-likeness (QED) is 0.370. The zero-order valence-electron chi connectivity index (χ0n) is 6.39. The smallest absolute Gasteiger partial charge is 0.302 e. The van der Waals surface area contributed by atoms with Gasteiger partial charge in [0.25, 0.3) is 0 Å². The maximum Gasteiger partial charge on any atom is 0.302 e. The summed E-state index contributed by atoms with van der Waals surface area (Å²) in [7, 11) is 0. The second-order valence-corrected chi connectivity index (χ2v) is 2.31. The summed E-state index contributed by atoms with van der Waals surface area (Å²) in [5, 5.41) is -0.530. The van der Waals surface area contributed by atoms with E-state index in [0.717, 1.165) is 0 Å². The van der Waals surface area contributed by atoms with E-state index in [1.165, 1.54) is 13.0 Å². The molecular formula is C7H9ClO3. The van der Waals surface area contributed by atoms with Gasteiger partial charge in [0.1, 0.15) is 6.61 Å². The number of carbonyl (C=O) groups excluding carboxylic acids is 2.